The van der Waals surface area contributed by atoms with E-state index in [9.17, 15) is 12.8 Å². The first kappa shape index (κ1) is 16.9. The minimum atomic E-state index is -4.07. The summed E-state index contributed by atoms with van der Waals surface area (Å²) < 4.78 is 44.8. The molecule has 0 N–H and O–H groups in total. The topological polar surface area (TPSA) is 46.6 Å². The van der Waals surface area contributed by atoms with Crippen molar-refractivity contribution in [3.63, 3.8) is 0 Å². The lowest BCUT2D eigenvalue weighted by Gasteiger charge is -2.21. The van der Waals surface area contributed by atoms with Gasteiger partial charge in [-0.15, -0.1) is 0 Å². The van der Waals surface area contributed by atoms with E-state index in [0.29, 0.717) is 0 Å². The molecule has 0 atom stereocenters. The zero-order chi connectivity index (χ0) is 16.5. The molecular weight excluding hydrogens is 352 g/mol. The average molecular weight is 364 g/mol. The SMILES string of the molecule is COc1ccc(S(=O)(=O)N(C)c2ccccc2F)c(Cl)c1Cl. The normalized spacial score (nSPS) is 11.3. The third kappa shape index (κ3) is 2.86. The average Bonchev–Trinajstić information content (AvgIpc) is 2.49. The molecule has 2 aromatic rings. The molecule has 0 aliphatic rings. The van der Waals surface area contributed by atoms with Gasteiger partial charge in [-0.05, 0) is 24.3 Å². The van der Waals surface area contributed by atoms with Gasteiger partial charge in [0, 0.05) is 7.05 Å². The van der Waals surface area contributed by atoms with Crippen LogP contribution in [-0.2, 0) is 10.0 Å². The van der Waals surface area contributed by atoms with Crippen molar-refractivity contribution in [2.45, 2.75) is 4.90 Å². The first-order valence-corrected chi connectivity index (χ1v) is 8.25. The van der Waals surface area contributed by atoms with E-state index < -0.39 is 15.8 Å². The molecule has 2 aromatic carbocycles. The molecule has 118 valence electrons. The van der Waals surface area contributed by atoms with Crippen LogP contribution in [0.15, 0.2) is 41.3 Å². The number of methoxy groups -OCH3 is 1. The van der Waals surface area contributed by atoms with Crippen LogP contribution in [0.1, 0.15) is 0 Å². The van der Waals surface area contributed by atoms with E-state index in [0.717, 1.165) is 4.31 Å². The molecule has 0 saturated heterocycles. The molecule has 0 bridgehead atoms. The Morgan fingerprint density at radius 3 is 2.32 bits per heavy atom. The number of nitrogens with zero attached hydrogens (tertiary/aromatic N) is 1. The van der Waals surface area contributed by atoms with Gasteiger partial charge in [0.2, 0.25) is 0 Å². The Balaban J connectivity index is 2.56. The monoisotopic (exact) mass is 363 g/mol. The molecule has 0 fully saturated rings. The highest BCUT2D eigenvalue weighted by Gasteiger charge is 2.27. The molecular formula is C14H12Cl2FNO3S. The largest absolute Gasteiger partial charge is 0.495 e. The van der Waals surface area contributed by atoms with Gasteiger partial charge in [0.1, 0.15) is 21.5 Å². The van der Waals surface area contributed by atoms with E-state index in [1.54, 1.807) is 0 Å². The second kappa shape index (κ2) is 6.32. The van der Waals surface area contributed by atoms with Gasteiger partial charge in [-0.25, -0.2) is 12.8 Å². The molecule has 0 aliphatic heterocycles. The van der Waals surface area contributed by atoms with Gasteiger partial charge < -0.3 is 4.74 Å². The Hall–Kier alpha value is -1.50. The minimum Gasteiger partial charge on any atom is -0.495 e. The number of halogens is 3. The minimum absolute atomic E-state index is 0.0211. The van der Waals surface area contributed by atoms with E-state index in [4.69, 9.17) is 27.9 Å². The van der Waals surface area contributed by atoms with E-state index in [2.05, 4.69) is 0 Å². The van der Waals surface area contributed by atoms with Crippen molar-refractivity contribution in [2.24, 2.45) is 0 Å². The Labute approximate surface area is 138 Å². The molecule has 4 nitrogen and oxygen atoms in total. The van der Waals surface area contributed by atoms with E-state index >= 15 is 0 Å². The predicted molar refractivity (Wildman–Crippen MR) is 85.0 cm³/mol. The second-order valence-corrected chi connectivity index (χ2v) is 7.01. The summed E-state index contributed by atoms with van der Waals surface area (Å²) in [6.07, 6.45) is 0. The number of hydrogen-bond donors (Lipinski definition) is 0. The number of rotatable bonds is 4. The van der Waals surface area contributed by atoms with E-state index in [1.807, 2.05) is 0 Å². The number of para-hydroxylation sites is 1. The van der Waals surface area contributed by atoms with Gasteiger partial charge >= 0.3 is 0 Å². The van der Waals surface area contributed by atoms with E-state index in [1.165, 1.54) is 50.6 Å². The van der Waals surface area contributed by atoms with Gasteiger partial charge in [-0.3, -0.25) is 4.31 Å². The molecule has 0 amide bonds. The van der Waals surface area contributed by atoms with Gasteiger partial charge in [-0.1, -0.05) is 35.3 Å². The number of ether oxygens (including phenoxy) is 1. The highest BCUT2D eigenvalue weighted by atomic mass is 35.5. The molecule has 0 saturated carbocycles. The van der Waals surface area contributed by atoms with Crippen LogP contribution in [-0.4, -0.2) is 22.6 Å². The smallest absolute Gasteiger partial charge is 0.265 e. The Kier molecular flexibility index (Phi) is 4.84. The van der Waals surface area contributed by atoms with Crippen LogP contribution in [0.3, 0.4) is 0 Å². The standard InChI is InChI=1S/C14H12Cl2FNO3S/c1-18(10-6-4-3-5-9(10)17)22(19,20)12-8-7-11(21-2)13(15)14(12)16/h3-8H,1-2H3. The third-order valence-electron chi connectivity index (χ3n) is 3.06. The molecule has 0 aromatic heterocycles. The molecule has 0 unspecified atom stereocenters. The maximum atomic E-state index is 13.8. The van der Waals surface area contributed by atoms with Crippen LogP contribution in [0.4, 0.5) is 10.1 Å². The van der Waals surface area contributed by atoms with E-state index in [-0.39, 0.29) is 26.4 Å². The van der Waals surface area contributed by atoms with Crippen molar-refractivity contribution in [2.75, 3.05) is 18.5 Å². The van der Waals surface area contributed by atoms with Crippen LogP contribution in [0.25, 0.3) is 0 Å². The summed E-state index contributed by atoms with van der Waals surface area (Å²) in [6, 6.07) is 8.18. The lowest BCUT2D eigenvalue weighted by atomic mass is 10.3. The van der Waals surface area contributed by atoms with Crippen molar-refractivity contribution < 1.29 is 17.5 Å². The highest BCUT2D eigenvalue weighted by Crippen LogP contribution is 2.38. The van der Waals surface area contributed by atoms with Crippen molar-refractivity contribution in [3.05, 3.63) is 52.3 Å². The number of hydrogen-bond acceptors (Lipinski definition) is 3. The maximum Gasteiger partial charge on any atom is 0.265 e. The first-order valence-electron chi connectivity index (χ1n) is 6.06. The maximum absolute atomic E-state index is 13.8. The van der Waals surface area contributed by atoms with Crippen LogP contribution >= 0.6 is 23.2 Å². The quantitative estimate of drug-likeness (QED) is 0.825. The number of anilines is 1. The summed E-state index contributed by atoms with van der Waals surface area (Å²) in [5, 5.41) is -0.198. The molecule has 22 heavy (non-hydrogen) atoms. The summed E-state index contributed by atoms with van der Waals surface area (Å²) in [6.45, 7) is 0. The van der Waals surface area contributed by atoms with Crippen molar-refractivity contribution >= 4 is 38.9 Å². The lowest BCUT2D eigenvalue weighted by Crippen LogP contribution is -2.27. The summed E-state index contributed by atoms with van der Waals surface area (Å²) in [5.41, 5.74) is -0.0921. The Bertz CT molecular complexity index is 812. The fraction of sp³-hybridized carbons (Fsp3) is 0.143. The molecule has 0 spiro atoms. The van der Waals surface area contributed by atoms with Gasteiger partial charge in [-0.2, -0.15) is 0 Å². The Morgan fingerprint density at radius 1 is 1.09 bits per heavy atom. The van der Waals surface area contributed by atoms with Crippen LogP contribution in [0.2, 0.25) is 10.0 Å². The second-order valence-electron chi connectivity index (χ2n) is 4.32. The zero-order valence-electron chi connectivity index (χ0n) is 11.7. The third-order valence-corrected chi connectivity index (χ3v) is 5.85. The first-order chi connectivity index (χ1) is 10.3. The van der Waals surface area contributed by atoms with Crippen LogP contribution < -0.4 is 9.04 Å². The van der Waals surface area contributed by atoms with Crippen molar-refractivity contribution in [1.82, 2.24) is 0 Å². The van der Waals surface area contributed by atoms with Gasteiger partial charge in [0.25, 0.3) is 10.0 Å². The summed E-state index contributed by atoms with van der Waals surface area (Å²) >= 11 is 12.0. The van der Waals surface area contributed by atoms with Crippen LogP contribution in [0.5, 0.6) is 5.75 Å². The molecule has 2 rings (SSSR count). The number of sulfonamides is 1. The molecule has 0 radical (unpaired) electrons. The fourth-order valence-electron chi connectivity index (χ4n) is 1.86. The van der Waals surface area contributed by atoms with Gasteiger partial charge in [0.05, 0.1) is 17.8 Å². The van der Waals surface area contributed by atoms with Gasteiger partial charge in [0.15, 0.2) is 0 Å². The van der Waals surface area contributed by atoms with Crippen molar-refractivity contribution in [1.29, 1.82) is 0 Å². The fourth-order valence-corrected chi connectivity index (χ4v) is 3.87. The summed E-state index contributed by atoms with van der Waals surface area (Å²) in [7, 11) is -1.45. The summed E-state index contributed by atoms with van der Waals surface area (Å²) in [5.74, 6) is -0.413. The lowest BCUT2D eigenvalue weighted by molar-refractivity contribution is 0.414. The van der Waals surface area contributed by atoms with Crippen molar-refractivity contribution in [3.8, 4) is 5.75 Å². The molecule has 0 aliphatic carbocycles. The number of benzene rings is 2. The predicted octanol–water partition coefficient (Wildman–Crippen LogP) is 3.97. The zero-order valence-corrected chi connectivity index (χ0v) is 14.0. The van der Waals surface area contributed by atoms with Crippen LogP contribution in [0, 0.1) is 5.82 Å². The highest BCUT2D eigenvalue weighted by molar-refractivity contribution is 7.93. The molecule has 8 heteroatoms. The molecule has 0 heterocycles. The summed E-state index contributed by atoms with van der Waals surface area (Å²) in [4.78, 5) is -0.231. The Morgan fingerprint density at radius 2 is 1.73 bits per heavy atom.